The van der Waals surface area contributed by atoms with Crippen LogP contribution in [0.15, 0.2) is 0 Å². The number of hydrogen-bond acceptors (Lipinski definition) is 3. The second-order valence-corrected chi connectivity index (χ2v) is 8.60. The molecule has 1 N–H and O–H groups in total. The van der Waals surface area contributed by atoms with Crippen molar-refractivity contribution in [3.8, 4) is 0 Å². The van der Waals surface area contributed by atoms with Crippen LogP contribution in [0.25, 0.3) is 0 Å². The largest absolute Gasteiger partial charge is 0.313 e. The summed E-state index contributed by atoms with van der Waals surface area (Å²) in [5.41, 5.74) is 0. The summed E-state index contributed by atoms with van der Waals surface area (Å²) in [6.07, 6.45) is 9.04. The minimum atomic E-state index is -2.87. The summed E-state index contributed by atoms with van der Waals surface area (Å²) in [7, 11) is -2.87. The molecule has 2 aliphatic rings. The van der Waals surface area contributed by atoms with E-state index >= 15 is 0 Å². The minimum Gasteiger partial charge on any atom is -0.313 e. The van der Waals surface area contributed by atoms with Gasteiger partial charge in [0.25, 0.3) is 0 Å². The predicted molar refractivity (Wildman–Crippen MR) is 75.3 cm³/mol. The van der Waals surface area contributed by atoms with E-state index in [0.29, 0.717) is 5.75 Å². The van der Waals surface area contributed by atoms with Gasteiger partial charge in [0.15, 0.2) is 0 Å². The van der Waals surface area contributed by atoms with Crippen molar-refractivity contribution in [3.63, 3.8) is 0 Å². The lowest BCUT2D eigenvalue weighted by Crippen LogP contribution is -2.38. The first-order valence-corrected chi connectivity index (χ1v) is 9.45. The standard InChI is InChI=1S/C14H27NO2S/c1-3-6-15-14(10-18(2,16)17)9-13-8-11-4-5-12(13)7-11/h11-15H,3-10H2,1-2H3. The highest BCUT2D eigenvalue weighted by atomic mass is 32.2. The van der Waals surface area contributed by atoms with E-state index in [1.165, 1.54) is 31.9 Å². The van der Waals surface area contributed by atoms with E-state index < -0.39 is 9.84 Å². The monoisotopic (exact) mass is 273 g/mol. The Hall–Kier alpha value is -0.0900. The predicted octanol–water partition coefficient (Wildman–Crippen LogP) is 2.23. The molecular formula is C14H27NO2S. The van der Waals surface area contributed by atoms with E-state index in [1.807, 2.05) is 0 Å². The van der Waals surface area contributed by atoms with Gasteiger partial charge in [-0.25, -0.2) is 8.42 Å². The molecule has 0 heterocycles. The zero-order valence-electron chi connectivity index (χ0n) is 11.7. The molecule has 18 heavy (non-hydrogen) atoms. The summed E-state index contributed by atoms with van der Waals surface area (Å²) in [5, 5.41) is 3.43. The molecule has 106 valence electrons. The van der Waals surface area contributed by atoms with Crippen molar-refractivity contribution in [1.29, 1.82) is 0 Å². The third kappa shape index (κ3) is 3.95. The number of hydrogen-bond donors (Lipinski definition) is 1. The summed E-state index contributed by atoms with van der Waals surface area (Å²) < 4.78 is 23.0. The molecule has 4 heteroatoms. The fraction of sp³-hybridized carbons (Fsp3) is 1.00. The molecule has 2 aliphatic carbocycles. The second kappa shape index (κ2) is 5.91. The van der Waals surface area contributed by atoms with Gasteiger partial charge in [-0.1, -0.05) is 13.3 Å². The average Bonchev–Trinajstić information content (AvgIpc) is 2.85. The van der Waals surface area contributed by atoms with Crippen LogP contribution in [0.1, 0.15) is 45.4 Å². The average molecular weight is 273 g/mol. The molecule has 0 aliphatic heterocycles. The molecule has 0 amide bonds. The first-order valence-electron chi connectivity index (χ1n) is 7.39. The van der Waals surface area contributed by atoms with Crippen LogP contribution in [0.4, 0.5) is 0 Å². The first-order chi connectivity index (χ1) is 8.48. The van der Waals surface area contributed by atoms with E-state index in [-0.39, 0.29) is 6.04 Å². The topological polar surface area (TPSA) is 46.2 Å². The maximum Gasteiger partial charge on any atom is 0.148 e. The van der Waals surface area contributed by atoms with E-state index in [1.54, 1.807) is 0 Å². The molecule has 0 saturated heterocycles. The molecular weight excluding hydrogens is 246 g/mol. The minimum absolute atomic E-state index is 0.171. The zero-order valence-corrected chi connectivity index (χ0v) is 12.5. The van der Waals surface area contributed by atoms with Crippen molar-refractivity contribution in [3.05, 3.63) is 0 Å². The molecule has 0 aromatic rings. The van der Waals surface area contributed by atoms with Crippen molar-refractivity contribution in [2.45, 2.75) is 51.5 Å². The van der Waals surface area contributed by atoms with Gasteiger partial charge < -0.3 is 5.32 Å². The Kier molecular flexibility index (Phi) is 4.70. The Morgan fingerprint density at radius 1 is 1.28 bits per heavy atom. The van der Waals surface area contributed by atoms with Gasteiger partial charge >= 0.3 is 0 Å². The van der Waals surface area contributed by atoms with Crippen LogP contribution in [0.2, 0.25) is 0 Å². The summed E-state index contributed by atoms with van der Waals surface area (Å²) in [5.74, 6) is 2.92. The number of nitrogens with one attached hydrogen (secondary N) is 1. The molecule has 2 fully saturated rings. The van der Waals surface area contributed by atoms with Gasteiger partial charge in [0, 0.05) is 12.3 Å². The van der Waals surface area contributed by atoms with Gasteiger partial charge in [-0.05, 0) is 56.4 Å². The maximum absolute atomic E-state index is 11.5. The van der Waals surface area contributed by atoms with Gasteiger partial charge in [0.05, 0.1) is 5.75 Å². The van der Waals surface area contributed by atoms with Crippen LogP contribution in [0, 0.1) is 17.8 Å². The summed E-state index contributed by atoms with van der Waals surface area (Å²) in [4.78, 5) is 0. The summed E-state index contributed by atoms with van der Waals surface area (Å²) in [6.45, 7) is 3.06. The summed E-state index contributed by atoms with van der Waals surface area (Å²) in [6, 6.07) is 0.171. The summed E-state index contributed by atoms with van der Waals surface area (Å²) >= 11 is 0. The second-order valence-electron chi connectivity index (χ2n) is 6.41. The lowest BCUT2D eigenvalue weighted by atomic mass is 9.84. The molecule has 4 atom stereocenters. The molecule has 2 saturated carbocycles. The van der Waals surface area contributed by atoms with Crippen LogP contribution in [0.3, 0.4) is 0 Å². The fourth-order valence-corrected chi connectivity index (χ4v) is 4.94. The van der Waals surface area contributed by atoms with E-state index in [0.717, 1.165) is 37.1 Å². The number of rotatable bonds is 7. The van der Waals surface area contributed by atoms with Gasteiger partial charge in [-0.3, -0.25) is 0 Å². The molecule has 0 aromatic heterocycles. The normalized spacial score (nSPS) is 32.9. The van der Waals surface area contributed by atoms with Crippen molar-refractivity contribution in [1.82, 2.24) is 5.32 Å². The molecule has 4 unspecified atom stereocenters. The van der Waals surface area contributed by atoms with Gasteiger partial charge in [0.1, 0.15) is 9.84 Å². The van der Waals surface area contributed by atoms with Gasteiger partial charge in [0.2, 0.25) is 0 Å². The van der Waals surface area contributed by atoms with Crippen LogP contribution in [0.5, 0.6) is 0 Å². The molecule has 0 radical (unpaired) electrons. The molecule has 0 aromatic carbocycles. The fourth-order valence-electron chi connectivity index (χ4n) is 3.95. The van der Waals surface area contributed by atoms with Crippen molar-refractivity contribution >= 4 is 9.84 Å². The Bertz CT molecular complexity index is 366. The van der Waals surface area contributed by atoms with Crippen molar-refractivity contribution in [2.75, 3.05) is 18.6 Å². The number of sulfone groups is 1. The Balaban J connectivity index is 1.88. The van der Waals surface area contributed by atoms with Gasteiger partial charge in [-0.15, -0.1) is 0 Å². The van der Waals surface area contributed by atoms with E-state index in [2.05, 4.69) is 12.2 Å². The van der Waals surface area contributed by atoms with Gasteiger partial charge in [-0.2, -0.15) is 0 Å². The number of fused-ring (bicyclic) bond motifs is 2. The Morgan fingerprint density at radius 3 is 2.56 bits per heavy atom. The molecule has 2 bridgehead atoms. The zero-order chi connectivity index (χ0) is 13.2. The van der Waals surface area contributed by atoms with Crippen LogP contribution < -0.4 is 5.32 Å². The lowest BCUT2D eigenvalue weighted by molar-refractivity contribution is 0.285. The lowest BCUT2D eigenvalue weighted by Gasteiger charge is -2.27. The maximum atomic E-state index is 11.5. The quantitative estimate of drug-likeness (QED) is 0.773. The van der Waals surface area contributed by atoms with Crippen molar-refractivity contribution in [2.24, 2.45) is 17.8 Å². The van der Waals surface area contributed by atoms with Crippen LogP contribution in [-0.2, 0) is 9.84 Å². The van der Waals surface area contributed by atoms with Crippen molar-refractivity contribution < 1.29 is 8.42 Å². The third-order valence-corrected chi connectivity index (χ3v) is 5.67. The smallest absolute Gasteiger partial charge is 0.148 e. The third-order valence-electron chi connectivity index (χ3n) is 4.66. The van der Waals surface area contributed by atoms with E-state index in [9.17, 15) is 8.42 Å². The highest BCUT2D eigenvalue weighted by Gasteiger charge is 2.40. The van der Waals surface area contributed by atoms with Crippen LogP contribution >= 0.6 is 0 Å². The molecule has 2 rings (SSSR count). The molecule has 0 spiro atoms. The Labute approximate surface area is 112 Å². The van der Waals surface area contributed by atoms with Crippen LogP contribution in [-0.4, -0.2) is 33.0 Å². The first kappa shape index (κ1) is 14.3. The Morgan fingerprint density at radius 2 is 2.06 bits per heavy atom. The molecule has 3 nitrogen and oxygen atoms in total. The highest BCUT2D eigenvalue weighted by molar-refractivity contribution is 7.90. The highest BCUT2D eigenvalue weighted by Crippen LogP contribution is 2.49. The van der Waals surface area contributed by atoms with E-state index in [4.69, 9.17) is 0 Å². The SMILES string of the molecule is CCCNC(CC1CC2CCC1C2)CS(C)(=O)=O.